The second-order valence-electron chi connectivity index (χ2n) is 6.27. The van der Waals surface area contributed by atoms with Gasteiger partial charge in [-0.1, -0.05) is 12.1 Å². The maximum absolute atomic E-state index is 5.85. The molecule has 7 nitrogen and oxygen atoms in total. The summed E-state index contributed by atoms with van der Waals surface area (Å²) in [4.78, 5) is 8.59. The third-order valence-corrected chi connectivity index (χ3v) is 3.85. The molecule has 3 aromatic rings. The summed E-state index contributed by atoms with van der Waals surface area (Å²) in [6.07, 6.45) is 1.56. The van der Waals surface area contributed by atoms with Gasteiger partial charge in [0.05, 0.1) is 31.7 Å². The molecule has 2 N–H and O–H groups in total. The van der Waals surface area contributed by atoms with Crippen LogP contribution in [0.4, 0.5) is 23.0 Å². The van der Waals surface area contributed by atoms with Gasteiger partial charge >= 0.3 is 0 Å². The number of nitrogens with one attached hydrogen (secondary N) is 2. The molecule has 0 spiro atoms. The minimum atomic E-state index is 0.0751. The average molecular weight is 380 g/mol. The van der Waals surface area contributed by atoms with Crippen molar-refractivity contribution in [2.75, 3.05) is 24.9 Å². The highest BCUT2D eigenvalue weighted by Crippen LogP contribution is 2.32. The van der Waals surface area contributed by atoms with Gasteiger partial charge in [0.25, 0.3) is 0 Å². The third-order valence-electron chi connectivity index (χ3n) is 3.85. The van der Waals surface area contributed by atoms with E-state index in [4.69, 9.17) is 14.2 Å². The molecule has 0 saturated carbocycles. The largest absolute Gasteiger partial charge is 0.497 e. The standard InChI is InChI=1S/C21H24N4O3/c1-14(2)28-19-8-6-5-7-16(19)24-20-12-21(23-13-22-20)25-17-11-15(26-3)9-10-18(17)27-4/h5-14H,1-4H3,(H2,22,23,24,25). The van der Waals surface area contributed by atoms with Crippen LogP contribution in [0.3, 0.4) is 0 Å². The molecule has 0 fully saturated rings. The zero-order valence-electron chi connectivity index (χ0n) is 16.4. The van der Waals surface area contributed by atoms with Crippen LogP contribution >= 0.6 is 0 Å². The summed E-state index contributed by atoms with van der Waals surface area (Å²) < 4.78 is 16.5. The van der Waals surface area contributed by atoms with E-state index in [0.717, 1.165) is 22.9 Å². The molecule has 1 heterocycles. The molecule has 0 aliphatic heterocycles. The molecule has 0 atom stereocenters. The van der Waals surface area contributed by atoms with Crippen molar-refractivity contribution in [1.82, 2.24) is 9.97 Å². The summed E-state index contributed by atoms with van der Waals surface area (Å²) in [6.45, 7) is 3.98. The monoisotopic (exact) mass is 380 g/mol. The lowest BCUT2D eigenvalue weighted by atomic mass is 10.2. The van der Waals surface area contributed by atoms with Crippen LogP contribution in [0.25, 0.3) is 0 Å². The highest BCUT2D eigenvalue weighted by Gasteiger charge is 2.09. The molecular formula is C21H24N4O3. The number of hydrogen-bond acceptors (Lipinski definition) is 7. The summed E-state index contributed by atoms with van der Waals surface area (Å²) in [5, 5.41) is 6.53. The molecule has 146 valence electrons. The Bertz CT molecular complexity index is 931. The minimum Gasteiger partial charge on any atom is -0.497 e. The van der Waals surface area contributed by atoms with Gasteiger partial charge in [0, 0.05) is 12.1 Å². The van der Waals surface area contributed by atoms with Gasteiger partial charge in [0.15, 0.2) is 0 Å². The van der Waals surface area contributed by atoms with Gasteiger partial charge in [-0.15, -0.1) is 0 Å². The smallest absolute Gasteiger partial charge is 0.143 e. The number of aromatic nitrogens is 2. The Balaban J connectivity index is 1.82. The minimum absolute atomic E-state index is 0.0751. The molecule has 28 heavy (non-hydrogen) atoms. The predicted molar refractivity (Wildman–Crippen MR) is 110 cm³/mol. The molecule has 0 radical (unpaired) electrons. The van der Waals surface area contributed by atoms with E-state index in [2.05, 4.69) is 20.6 Å². The quantitative estimate of drug-likeness (QED) is 0.583. The van der Waals surface area contributed by atoms with Gasteiger partial charge < -0.3 is 24.8 Å². The maximum Gasteiger partial charge on any atom is 0.143 e. The Morgan fingerprint density at radius 3 is 2.18 bits per heavy atom. The Morgan fingerprint density at radius 2 is 1.50 bits per heavy atom. The fourth-order valence-electron chi connectivity index (χ4n) is 2.61. The van der Waals surface area contributed by atoms with E-state index in [1.165, 1.54) is 6.33 Å². The van der Waals surface area contributed by atoms with Crippen LogP contribution < -0.4 is 24.8 Å². The summed E-state index contributed by atoms with van der Waals surface area (Å²) in [7, 11) is 3.24. The van der Waals surface area contributed by atoms with E-state index in [9.17, 15) is 0 Å². The fraction of sp³-hybridized carbons (Fsp3) is 0.238. The van der Waals surface area contributed by atoms with E-state index in [1.807, 2.05) is 62.4 Å². The van der Waals surface area contributed by atoms with Crippen LogP contribution in [-0.2, 0) is 0 Å². The summed E-state index contributed by atoms with van der Waals surface area (Å²) >= 11 is 0. The highest BCUT2D eigenvalue weighted by atomic mass is 16.5. The number of para-hydroxylation sites is 2. The van der Waals surface area contributed by atoms with Crippen LogP contribution in [0.1, 0.15) is 13.8 Å². The first-order chi connectivity index (χ1) is 13.6. The number of methoxy groups -OCH3 is 2. The van der Waals surface area contributed by atoms with Gasteiger partial charge in [-0.05, 0) is 38.1 Å². The SMILES string of the molecule is COc1ccc(OC)c(Nc2cc(Nc3ccccc3OC(C)C)ncn2)c1. The van der Waals surface area contributed by atoms with E-state index < -0.39 is 0 Å². The summed E-state index contributed by atoms with van der Waals surface area (Å²) in [5.74, 6) is 3.42. The topological polar surface area (TPSA) is 77.5 Å². The van der Waals surface area contributed by atoms with Crippen molar-refractivity contribution in [3.63, 3.8) is 0 Å². The van der Waals surface area contributed by atoms with Crippen molar-refractivity contribution in [2.45, 2.75) is 20.0 Å². The maximum atomic E-state index is 5.85. The van der Waals surface area contributed by atoms with Crippen LogP contribution in [0, 0.1) is 0 Å². The molecule has 7 heteroatoms. The Kier molecular flexibility index (Phi) is 6.16. The van der Waals surface area contributed by atoms with Gasteiger partial charge in [0.1, 0.15) is 35.2 Å². The van der Waals surface area contributed by atoms with Crippen molar-refractivity contribution >= 4 is 23.0 Å². The molecule has 0 saturated heterocycles. The van der Waals surface area contributed by atoms with Crippen molar-refractivity contribution in [1.29, 1.82) is 0 Å². The van der Waals surface area contributed by atoms with Crippen molar-refractivity contribution in [3.05, 3.63) is 54.9 Å². The van der Waals surface area contributed by atoms with Crippen LogP contribution in [-0.4, -0.2) is 30.3 Å². The lowest BCUT2D eigenvalue weighted by Gasteiger charge is -2.16. The number of hydrogen-bond donors (Lipinski definition) is 2. The van der Waals surface area contributed by atoms with E-state index in [-0.39, 0.29) is 6.10 Å². The second kappa shape index (κ2) is 8.94. The molecule has 3 rings (SSSR count). The lowest BCUT2D eigenvalue weighted by Crippen LogP contribution is -2.07. The van der Waals surface area contributed by atoms with E-state index >= 15 is 0 Å². The van der Waals surface area contributed by atoms with Crippen molar-refractivity contribution in [3.8, 4) is 17.2 Å². The zero-order valence-corrected chi connectivity index (χ0v) is 16.4. The van der Waals surface area contributed by atoms with Crippen LogP contribution in [0.15, 0.2) is 54.9 Å². The summed E-state index contributed by atoms with van der Waals surface area (Å²) in [5.41, 5.74) is 1.58. The molecular weight excluding hydrogens is 356 g/mol. The first-order valence-electron chi connectivity index (χ1n) is 8.93. The fourth-order valence-corrected chi connectivity index (χ4v) is 2.61. The third kappa shape index (κ3) is 4.82. The van der Waals surface area contributed by atoms with Crippen molar-refractivity contribution in [2.24, 2.45) is 0 Å². The number of nitrogens with zero attached hydrogens (tertiary/aromatic N) is 2. The van der Waals surface area contributed by atoms with Gasteiger partial charge in [-0.3, -0.25) is 0 Å². The lowest BCUT2D eigenvalue weighted by molar-refractivity contribution is 0.244. The van der Waals surface area contributed by atoms with Crippen molar-refractivity contribution < 1.29 is 14.2 Å². The van der Waals surface area contributed by atoms with Gasteiger partial charge in [0.2, 0.25) is 0 Å². The van der Waals surface area contributed by atoms with Crippen LogP contribution in [0.5, 0.6) is 17.2 Å². The molecule has 1 aromatic heterocycles. The van der Waals surface area contributed by atoms with Gasteiger partial charge in [-0.25, -0.2) is 9.97 Å². The Morgan fingerprint density at radius 1 is 0.786 bits per heavy atom. The highest BCUT2D eigenvalue weighted by molar-refractivity contribution is 5.70. The molecule has 0 amide bonds. The van der Waals surface area contributed by atoms with E-state index in [1.54, 1.807) is 14.2 Å². The molecule has 2 aromatic carbocycles. The molecule has 0 bridgehead atoms. The number of anilines is 4. The second-order valence-corrected chi connectivity index (χ2v) is 6.27. The van der Waals surface area contributed by atoms with E-state index in [0.29, 0.717) is 17.4 Å². The summed E-state index contributed by atoms with van der Waals surface area (Å²) in [6, 6.07) is 15.1. The molecule has 0 aliphatic rings. The van der Waals surface area contributed by atoms with Crippen LogP contribution in [0.2, 0.25) is 0 Å². The number of benzene rings is 2. The Labute approximate surface area is 164 Å². The first-order valence-corrected chi connectivity index (χ1v) is 8.93. The Hall–Kier alpha value is -3.48. The molecule has 0 aliphatic carbocycles. The average Bonchev–Trinajstić information content (AvgIpc) is 2.69. The normalized spacial score (nSPS) is 10.5. The number of rotatable bonds is 8. The first kappa shape index (κ1) is 19.3. The van der Waals surface area contributed by atoms with Gasteiger partial charge in [-0.2, -0.15) is 0 Å². The molecule has 0 unspecified atom stereocenters. The predicted octanol–water partition coefficient (Wildman–Crippen LogP) is 4.77. The number of ether oxygens (including phenoxy) is 3. The zero-order chi connectivity index (χ0) is 19.9.